The zero-order chi connectivity index (χ0) is 18.0. The highest BCUT2D eigenvalue weighted by atomic mass is 16.5. The van der Waals surface area contributed by atoms with Gasteiger partial charge in [0.05, 0.1) is 24.6 Å². The molecule has 2 aliphatic heterocycles. The van der Waals surface area contributed by atoms with Gasteiger partial charge in [-0.3, -0.25) is 9.59 Å². The van der Waals surface area contributed by atoms with E-state index in [9.17, 15) is 14.4 Å². The summed E-state index contributed by atoms with van der Waals surface area (Å²) in [5.41, 5.74) is 0.213. The number of benzene rings is 1. The Labute approximate surface area is 146 Å². The largest absolute Gasteiger partial charge is 0.487 e. The van der Waals surface area contributed by atoms with E-state index >= 15 is 0 Å². The van der Waals surface area contributed by atoms with Gasteiger partial charge in [-0.1, -0.05) is 0 Å². The summed E-state index contributed by atoms with van der Waals surface area (Å²) < 4.78 is 5.76. The highest BCUT2D eigenvalue weighted by Crippen LogP contribution is 2.24. The first kappa shape index (κ1) is 17.3. The van der Waals surface area contributed by atoms with Crippen LogP contribution in [0.1, 0.15) is 30.1 Å². The molecule has 7 nitrogen and oxygen atoms in total. The van der Waals surface area contributed by atoms with Gasteiger partial charge in [0.25, 0.3) is 0 Å². The Kier molecular flexibility index (Phi) is 4.92. The fraction of sp³-hybridized carbons (Fsp3) is 0.500. The molecule has 3 rings (SSSR count). The van der Waals surface area contributed by atoms with Crippen LogP contribution in [-0.2, 0) is 9.59 Å². The number of piperidine rings is 1. The van der Waals surface area contributed by atoms with Gasteiger partial charge in [0.2, 0.25) is 11.8 Å². The molecule has 1 unspecified atom stereocenters. The van der Waals surface area contributed by atoms with Crippen molar-refractivity contribution in [3.8, 4) is 5.75 Å². The van der Waals surface area contributed by atoms with Crippen molar-refractivity contribution in [1.29, 1.82) is 0 Å². The van der Waals surface area contributed by atoms with Crippen LogP contribution in [0, 0.1) is 5.92 Å². The molecule has 7 heteroatoms. The first-order valence-electron chi connectivity index (χ1n) is 8.48. The molecule has 0 bridgehead atoms. The van der Waals surface area contributed by atoms with Gasteiger partial charge in [-0.15, -0.1) is 0 Å². The maximum absolute atomic E-state index is 12.5. The van der Waals surface area contributed by atoms with E-state index in [-0.39, 0.29) is 29.4 Å². The van der Waals surface area contributed by atoms with E-state index in [1.54, 1.807) is 21.9 Å². The molecule has 1 aromatic rings. The first-order valence-corrected chi connectivity index (χ1v) is 8.48. The Balaban J connectivity index is 1.48. The summed E-state index contributed by atoms with van der Waals surface area (Å²) in [4.78, 5) is 38.4. The number of rotatable bonds is 4. The number of aromatic carboxylic acids is 1. The van der Waals surface area contributed by atoms with E-state index in [1.807, 2.05) is 0 Å². The second-order valence-electron chi connectivity index (χ2n) is 6.62. The zero-order valence-corrected chi connectivity index (χ0v) is 14.2. The molecular weight excluding hydrogens is 324 g/mol. The topological polar surface area (TPSA) is 87.2 Å². The number of carboxylic acids is 1. The minimum Gasteiger partial charge on any atom is -0.487 e. The predicted octanol–water partition coefficient (Wildman–Crippen LogP) is 1.23. The van der Waals surface area contributed by atoms with Crippen molar-refractivity contribution < 1.29 is 24.2 Å². The lowest BCUT2D eigenvalue weighted by atomic mass is 9.95. The molecule has 1 atom stereocenters. The van der Waals surface area contributed by atoms with Crippen LogP contribution >= 0.6 is 0 Å². The fourth-order valence-corrected chi connectivity index (χ4v) is 3.28. The standard InChI is InChI=1S/C18H22N2O5/c1-12(21)19-8-2-3-14(9-19)17(22)20-10-16(11-20)25-15-6-4-13(5-7-15)18(23)24/h4-7,14,16H,2-3,8-11H2,1H3,(H,23,24). The second-order valence-corrected chi connectivity index (χ2v) is 6.62. The number of carbonyl (C=O) groups is 3. The van der Waals surface area contributed by atoms with Crippen LogP contribution in [-0.4, -0.2) is 65.0 Å². The summed E-state index contributed by atoms with van der Waals surface area (Å²) in [5.74, 6) is -0.380. The van der Waals surface area contributed by atoms with Gasteiger partial charge < -0.3 is 19.6 Å². The summed E-state index contributed by atoms with van der Waals surface area (Å²) in [5, 5.41) is 8.88. The van der Waals surface area contributed by atoms with Crippen molar-refractivity contribution in [1.82, 2.24) is 9.80 Å². The van der Waals surface area contributed by atoms with Crippen molar-refractivity contribution in [3.63, 3.8) is 0 Å². The summed E-state index contributed by atoms with van der Waals surface area (Å²) in [6.07, 6.45) is 1.60. The molecule has 1 aromatic carbocycles. The number of carboxylic acid groups (broad SMARTS) is 1. The molecule has 2 fully saturated rings. The molecule has 0 saturated carbocycles. The number of nitrogens with zero attached hydrogens (tertiary/aromatic N) is 2. The maximum atomic E-state index is 12.5. The smallest absolute Gasteiger partial charge is 0.335 e. The normalized spacial score (nSPS) is 20.8. The Morgan fingerprint density at radius 3 is 2.36 bits per heavy atom. The Morgan fingerprint density at radius 1 is 1.08 bits per heavy atom. The van der Waals surface area contributed by atoms with E-state index in [0.717, 1.165) is 19.4 Å². The third-order valence-electron chi connectivity index (χ3n) is 4.78. The van der Waals surface area contributed by atoms with E-state index in [0.29, 0.717) is 25.4 Å². The highest BCUT2D eigenvalue weighted by molar-refractivity contribution is 5.87. The Morgan fingerprint density at radius 2 is 1.76 bits per heavy atom. The number of amides is 2. The number of hydrogen-bond donors (Lipinski definition) is 1. The van der Waals surface area contributed by atoms with Gasteiger partial charge in [-0.25, -0.2) is 4.79 Å². The number of ether oxygens (including phenoxy) is 1. The molecule has 2 heterocycles. The molecule has 1 N–H and O–H groups in total. The third kappa shape index (κ3) is 3.92. The first-order chi connectivity index (χ1) is 11.9. The summed E-state index contributed by atoms with van der Waals surface area (Å²) in [7, 11) is 0. The highest BCUT2D eigenvalue weighted by Gasteiger charge is 2.37. The molecule has 2 amide bonds. The number of carbonyl (C=O) groups excluding carboxylic acids is 2. The van der Waals surface area contributed by atoms with E-state index in [1.165, 1.54) is 19.1 Å². The second kappa shape index (κ2) is 7.13. The molecule has 0 radical (unpaired) electrons. The Hall–Kier alpha value is -2.57. The summed E-state index contributed by atoms with van der Waals surface area (Å²) in [6, 6.07) is 6.24. The van der Waals surface area contributed by atoms with Gasteiger partial charge in [0.15, 0.2) is 0 Å². The van der Waals surface area contributed by atoms with E-state index < -0.39 is 5.97 Å². The van der Waals surface area contributed by atoms with Crippen LogP contribution in [0.2, 0.25) is 0 Å². The van der Waals surface area contributed by atoms with E-state index in [4.69, 9.17) is 9.84 Å². The van der Waals surface area contributed by atoms with Crippen LogP contribution in [0.4, 0.5) is 0 Å². The lowest BCUT2D eigenvalue weighted by Gasteiger charge is -2.42. The van der Waals surface area contributed by atoms with Crippen LogP contribution in [0.3, 0.4) is 0 Å². The van der Waals surface area contributed by atoms with Crippen molar-refractivity contribution in [2.45, 2.75) is 25.9 Å². The fourth-order valence-electron chi connectivity index (χ4n) is 3.28. The molecule has 25 heavy (non-hydrogen) atoms. The monoisotopic (exact) mass is 346 g/mol. The van der Waals surface area contributed by atoms with E-state index in [2.05, 4.69) is 0 Å². The van der Waals surface area contributed by atoms with Crippen molar-refractivity contribution >= 4 is 17.8 Å². The average molecular weight is 346 g/mol. The lowest BCUT2D eigenvalue weighted by Crippen LogP contribution is -2.59. The molecule has 0 aliphatic carbocycles. The quantitative estimate of drug-likeness (QED) is 0.886. The zero-order valence-electron chi connectivity index (χ0n) is 14.2. The minimum atomic E-state index is -0.973. The van der Waals surface area contributed by atoms with Gasteiger partial charge in [0, 0.05) is 20.0 Å². The molecule has 2 aliphatic rings. The molecule has 134 valence electrons. The van der Waals surface area contributed by atoms with Gasteiger partial charge >= 0.3 is 5.97 Å². The van der Waals surface area contributed by atoms with Crippen LogP contribution in [0.15, 0.2) is 24.3 Å². The van der Waals surface area contributed by atoms with Crippen LogP contribution < -0.4 is 4.74 Å². The van der Waals surface area contributed by atoms with Gasteiger partial charge in [0.1, 0.15) is 11.9 Å². The average Bonchev–Trinajstić information content (AvgIpc) is 2.57. The van der Waals surface area contributed by atoms with Gasteiger partial charge in [-0.2, -0.15) is 0 Å². The predicted molar refractivity (Wildman–Crippen MR) is 89.4 cm³/mol. The number of hydrogen-bond acceptors (Lipinski definition) is 4. The summed E-state index contributed by atoms with van der Waals surface area (Å²) in [6.45, 7) is 3.83. The number of likely N-dealkylation sites (tertiary alicyclic amines) is 2. The molecule has 0 aromatic heterocycles. The van der Waals surface area contributed by atoms with Crippen LogP contribution in [0.25, 0.3) is 0 Å². The molecule has 2 saturated heterocycles. The molecule has 0 spiro atoms. The minimum absolute atomic E-state index is 0.0205. The van der Waals surface area contributed by atoms with Crippen molar-refractivity contribution in [2.75, 3.05) is 26.2 Å². The van der Waals surface area contributed by atoms with Crippen molar-refractivity contribution in [2.24, 2.45) is 5.92 Å². The SMILES string of the molecule is CC(=O)N1CCCC(C(=O)N2CC(Oc3ccc(C(=O)O)cc3)C2)C1. The molecular formula is C18H22N2O5. The summed E-state index contributed by atoms with van der Waals surface area (Å²) >= 11 is 0. The Bertz CT molecular complexity index is 667. The maximum Gasteiger partial charge on any atom is 0.335 e. The lowest BCUT2D eigenvalue weighted by molar-refractivity contribution is -0.147. The third-order valence-corrected chi connectivity index (χ3v) is 4.78. The van der Waals surface area contributed by atoms with Gasteiger partial charge in [-0.05, 0) is 37.1 Å². The van der Waals surface area contributed by atoms with Crippen LogP contribution in [0.5, 0.6) is 5.75 Å². The van der Waals surface area contributed by atoms with Crippen molar-refractivity contribution in [3.05, 3.63) is 29.8 Å².